The fourth-order valence-electron chi connectivity index (χ4n) is 1.72. The molecule has 0 radical (unpaired) electrons. The number of carbonyl (C=O) groups excluding carboxylic acids is 1. The molecule has 0 saturated heterocycles. The second-order valence-electron chi connectivity index (χ2n) is 4.37. The third-order valence-corrected chi connectivity index (χ3v) is 3.01. The number of amides is 1. The van der Waals surface area contributed by atoms with Gasteiger partial charge < -0.3 is 10.6 Å². The van der Waals surface area contributed by atoms with Crippen LogP contribution in [0, 0.1) is 11.6 Å². The molecule has 0 aromatic heterocycles. The molecule has 0 aliphatic rings. The largest absolute Gasteiger partial charge is 0.320 e. The van der Waals surface area contributed by atoms with Crippen LogP contribution in [0.1, 0.15) is 5.56 Å². The minimum absolute atomic E-state index is 0.0591. The van der Waals surface area contributed by atoms with Crippen molar-refractivity contribution in [1.29, 1.82) is 0 Å². The first-order valence-corrected chi connectivity index (χ1v) is 6.63. The SMILES string of the molecule is O=C(CNCc1ccc(Cl)cc1)Nc1c(F)cccc1F. The van der Waals surface area contributed by atoms with E-state index in [0.717, 1.165) is 17.7 Å². The monoisotopic (exact) mass is 310 g/mol. The van der Waals surface area contributed by atoms with Crippen LogP contribution in [0.4, 0.5) is 14.5 Å². The lowest BCUT2D eigenvalue weighted by molar-refractivity contribution is -0.115. The fraction of sp³-hybridized carbons (Fsp3) is 0.133. The van der Waals surface area contributed by atoms with E-state index in [1.165, 1.54) is 6.07 Å². The van der Waals surface area contributed by atoms with E-state index in [4.69, 9.17) is 11.6 Å². The zero-order valence-electron chi connectivity index (χ0n) is 11.0. The molecule has 2 aromatic carbocycles. The van der Waals surface area contributed by atoms with Crippen molar-refractivity contribution < 1.29 is 13.6 Å². The Kier molecular flexibility index (Phi) is 5.25. The second kappa shape index (κ2) is 7.15. The number of hydrogen-bond donors (Lipinski definition) is 2. The van der Waals surface area contributed by atoms with Crippen LogP contribution in [-0.4, -0.2) is 12.5 Å². The Hall–Kier alpha value is -1.98. The Bertz CT molecular complexity index is 612. The van der Waals surface area contributed by atoms with Gasteiger partial charge in [0, 0.05) is 11.6 Å². The summed E-state index contributed by atoms with van der Waals surface area (Å²) in [4.78, 5) is 11.6. The number of nitrogens with one attached hydrogen (secondary N) is 2. The summed E-state index contributed by atoms with van der Waals surface area (Å²) in [5.41, 5.74) is 0.514. The molecule has 6 heteroatoms. The van der Waals surface area contributed by atoms with Crippen LogP contribution < -0.4 is 10.6 Å². The van der Waals surface area contributed by atoms with E-state index in [1.807, 2.05) is 12.1 Å². The van der Waals surface area contributed by atoms with Crippen LogP contribution in [0.15, 0.2) is 42.5 Å². The Morgan fingerprint density at radius 1 is 1.05 bits per heavy atom. The lowest BCUT2D eigenvalue weighted by atomic mass is 10.2. The van der Waals surface area contributed by atoms with Crippen molar-refractivity contribution in [3.63, 3.8) is 0 Å². The van der Waals surface area contributed by atoms with Crippen molar-refractivity contribution in [3.05, 3.63) is 64.7 Å². The van der Waals surface area contributed by atoms with Gasteiger partial charge in [-0.15, -0.1) is 0 Å². The van der Waals surface area contributed by atoms with Gasteiger partial charge in [0.25, 0.3) is 0 Å². The molecule has 0 unspecified atom stereocenters. The average Bonchev–Trinajstić information content (AvgIpc) is 2.45. The number of rotatable bonds is 5. The molecule has 110 valence electrons. The second-order valence-corrected chi connectivity index (χ2v) is 4.81. The molecule has 0 fully saturated rings. The van der Waals surface area contributed by atoms with E-state index in [-0.39, 0.29) is 6.54 Å². The summed E-state index contributed by atoms with van der Waals surface area (Å²) in [7, 11) is 0. The van der Waals surface area contributed by atoms with Gasteiger partial charge in [-0.1, -0.05) is 29.8 Å². The molecular weight excluding hydrogens is 298 g/mol. The lowest BCUT2D eigenvalue weighted by Crippen LogP contribution is -2.28. The maximum absolute atomic E-state index is 13.3. The van der Waals surface area contributed by atoms with Gasteiger partial charge in [0.15, 0.2) is 0 Å². The maximum atomic E-state index is 13.3. The summed E-state index contributed by atoms with van der Waals surface area (Å²) in [5.74, 6) is -2.13. The van der Waals surface area contributed by atoms with Gasteiger partial charge in [-0.2, -0.15) is 0 Å². The van der Waals surface area contributed by atoms with E-state index in [0.29, 0.717) is 11.6 Å². The summed E-state index contributed by atoms with van der Waals surface area (Å²) in [6.45, 7) is 0.390. The van der Waals surface area contributed by atoms with Gasteiger partial charge in [-0.3, -0.25) is 4.79 Å². The molecule has 0 heterocycles. The Balaban J connectivity index is 1.84. The van der Waals surface area contributed by atoms with Crippen molar-refractivity contribution in [2.45, 2.75) is 6.54 Å². The van der Waals surface area contributed by atoms with Crippen molar-refractivity contribution in [2.75, 3.05) is 11.9 Å². The van der Waals surface area contributed by atoms with Crippen molar-refractivity contribution in [3.8, 4) is 0 Å². The van der Waals surface area contributed by atoms with E-state index in [1.54, 1.807) is 12.1 Å². The van der Waals surface area contributed by atoms with Crippen molar-refractivity contribution in [2.24, 2.45) is 0 Å². The molecule has 2 N–H and O–H groups in total. The van der Waals surface area contributed by atoms with Gasteiger partial charge in [0.05, 0.1) is 6.54 Å². The fourth-order valence-corrected chi connectivity index (χ4v) is 1.85. The van der Waals surface area contributed by atoms with E-state index in [9.17, 15) is 13.6 Å². The highest BCUT2D eigenvalue weighted by molar-refractivity contribution is 6.30. The Morgan fingerprint density at radius 3 is 2.29 bits per heavy atom. The standard InChI is InChI=1S/C15H13ClF2N2O/c16-11-6-4-10(5-7-11)8-19-9-14(21)20-15-12(17)2-1-3-13(15)18/h1-7,19H,8-9H2,(H,20,21). The molecular formula is C15H13ClF2N2O. The molecule has 21 heavy (non-hydrogen) atoms. The smallest absolute Gasteiger partial charge is 0.238 e. The predicted octanol–water partition coefficient (Wildman–Crippen LogP) is 3.35. The van der Waals surface area contributed by atoms with Crippen LogP contribution in [0.25, 0.3) is 0 Å². The van der Waals surface area contributed by atoms with Crippen LogP contribution >= 0.6 is 11.6 Å². The number of para-hydroxylation sites is 1. The number of benzene rings is 2. The summed E-state index contributed by atoms with van der Waals surface area (Å²) < 4.78 is 26.7. The van der Waals surface area contributed by atoms with Crippen LogP contribution in [-0.2, 0) is 11.3 Å². The first-order chi connectivity index (χ1) is 10.1. The first kappa shape index (κ1) is 15.4. The Labute approximate surface area is 125 Å². The van der Waals surface area contributed by atoms with Gasteiger partial charge in [-0.05, 0) is 29.8 Å². The maximum Gasteiger partial charge on any atom is 0.238 e. The highest BCUT2D eigenvalue weighted by Crippen LogP contribution is 2.17. The molecule has 0 bridgehead atoms. The Morgan fingerprint density at radius 2 is 1.67 bits per heavy atom. The minimum atomic E-state index is -0.805. The summed E-state index contributed by atoms with van der Waals surface area (Å²) in [6.07, 6.45) is 0. The van der Waals surface area contributed by atoms with E-state index >= 15 is 0 Å². The summed E-state index contributed by atoms with van der Waals surface area (Å²) in [6, 6.07) is 10.5. The number of anilines is 1. The molecule has 2 aromatic rings. The van der Waals surface area contributed by atoms with Crippen LogP contribution in [0.3, 0.4) is 0 Å². The van der Waals surface area contributed by atoms with Crippen LogP contribution in [0.5, 0.6) is 0 Å². The van der Waals surface area contributed by atoms with Gasteiger partial charge in [0.2, 0.25) is 5.91 Å². The lowest BCUT2D eigenvalue weighted by Gasteiger charge is -2.08. The molecule has 0 aliphatic heterocycles. The van der Waals surface area contributed by atoms with Gasteiger partial charge in [-0.25, -0.2) is 8.78 Å². The summed E-state index contributed by atoms with van der Waals surface area (Å²) >= 11 is 5.76. The zero-order chi connectivity index (χ0) is 15.2. The summed E-state index contributed by atoms with van der Waals surface area (Å²) in [5, 5.41) is 5.71. The minimum Gasteiger partial charge on any atom is -0.320 e. The number of hydrogen-bond acceptors (Lipinski definition) is 2. The zero-order valence-corrected chi connectivity index (χ0v) is 11.8. The molecule has 0 saturated carbocycles. The quantitative estimate of drug-likeness (QED) is 0.889. The molecule has 1 amide bonds. The number of carbonyl (C=O) groups is 1. The van der Waals surface area contributed by atoms with Crippen LogP contribution in [0.2, 0.25) is 5.02 Å². The third kappa shape index (κ3) is 4.51. The van der Waals surface area contributed by atoms with Crippen molar-refractivity contribution >= 4 is 23.2 Å². The normalized spacial score (nSPS) is 10.4. The molecule has 0 aliphatic carbocycles. The van der Waals surface area contributed by atoms with E-state index < -0.39 is 23.2 Å². The first-order valence-electron chi connectivity index (χ1n) is 6.25. The molecule has 3 nitrogen and oxygen atoms in total. The third-order valence-electron chi connectivity index (χ3n) is 2.76. The molecule has 0 atom stereocenters. The number of halogens is 3. The highest BCUT2D eigenvalue weighted by atomic mass is 35.5. The topological polar surface area (TPSA) is 41.1 Å². The average molecular weight is 311 g/mol. The van der Waals surface area contributed by atoms with Gasteiger partial charge >= 0.3 is 0 Å². The van der Waals surface area contributed by atoms with E-state index in [2.05, 4.69) is 10.6 Å². The molecule has 2 rings (SSSR count). The van der Waals surface area contributed by atoms with Crippen molar-refractivity contribution in [1.82, 2.24) is 5.32 Å². The predicted molar refractivity (Wildman–Crippen MR) is 78.1 cm³/mol. The molecule has 0 spiro atoms. The highest BCUT2D eigenvalue weighted by Gasteiger charge is 2.11. The van der Waals surface area contributed by atoms with Gasteiger partial charge in [0.1, 0.15) is 17.3 Å².